The lowest BCUT2D eigenvalue weighted by Gasteiger charge is -2.11. The van der Waals surface area contributed by atoms with Gasteiger partial charge in [-0.2, -0.15) is 0 Å². The van der Waals surface area contributed by atoms with Crippen LogP contribution < -0.4 is 10.6 Å². The average Bonchev–Trinajstić information content (AvgIpc) is 2.46. The highest BCUT2D eigenvalue weighted by Gasteiger charge is 2.27. The Kier molecular flexibility index (Phi) is 5.40. The fourth-order valence-electron chi connectivity index (χ4n) is 2.04. The van der Waals surface area contributed by atoms with Crippen LogP contribution in [0.5, 0.6) is 0 Å². The summed E-state index contributed by atoms with van der Waals surface area (Å²) < 4.78 is 23.3. The molecule has 0 saturated carbocycles. The van der Waals surface area contributed by atoms with Crippen LogP contribution in [0.2, 0.25) is 0 Å². The summed E-state index contributed by atoms with van der Waals surface area (Å²) in [5.74, 6) is 0. The van der Waals surface area contributed by atoms with E-state index in [1.807, 2.05) is 0 Å². The van der Waals surface area contributed by atoms with E-state index in [1.165, 1.54) is 0 Å². The van der Waals surface area contributed by atoms with E-state index in [1.54, 1.807) is 30.3 Å². The van der Waals surface area contributed by atoms with Crippen LogP contribution in [-0.4, -0.2) is 30.5 Å². The molecule has 8 nitrogen and oxygen atoms in total. The summed E-state index contributed by atoms with van der Waals surface area (Å²) in [5.41, 5.74) is 0.597. The van der Waals surface area contributed by atoms with Crippen molar-refractivity contribution in [1.82, 2.24) is 0 Å². The predicted molar refractivity (Wildman–Crippen MR) is 88.7 cm³/mol. The Morgan fingerprint density at radius 3 is 2.12 bits per heavy atom. The van der Waals surface area contributed by atoms with Crippen LogP contribution in [0.1, 0.15) is 11.1 Å². The Labute approximate surface area is 137 Å². The third-order valence-corrected chi connectivity index (χ3v) is 5.09. The molecule has 4 N–H and O–H groups in total. The molecule has 0 unspecified atom stereocenters. The standard InChI is InChI=1S/C14H15NO7P2/c16-15(9-11-4-2-1-3-5-11)10-12-6-7-13(23(17,18)19)8-14(12)24(20,21)22/h1-8,10H,9H2,(H2,17,18,19)(H2,20,21,22). The van der Waals surface area contributed by atoms with E-state index in [2.05, 4.69) is 0 Å². The molecule has 2 rings (SSSR count). The molecule has 0 aliphatic heterocycles. The maximum absolute atomic E-state index is 12.0. The lowest BCUT2D eigenvalue weighted by Crippen LogP contribution is -2.20. The molecule has 10 heteroatoms. The molecule has 0 heterocycles. The second-order valence-electron chi connectivity index (χ2n) is 5.02. The van der Waals surface area contributed by atoms with Gasteiger partial charge in [0.25, 0.3) is 0 Å². The summed E-state index contributed by atoms with van der Waals surface area (Å²) in [7, 11) is -9.50. The van der Waals surface area contributed by atoms with E-state index in [9.17, 15) is 24.1 Å². The largest absolute Gasteiger partial charge is 0.624 e. The fourth-order valence-corrected chi connectivity index (χ4v) is 3.48. The lowest BCUT2D eigenvalue weighted by molar-refractivity contribution is -0.469. The molecule has 2 aromatic rings. The summed E-state index contributed by atoms with van der Waals surface area (Å²) in [6.07, 6.45) is 0.977. The van der Waals surface area contributed by atoms with Gasteiger partial charge in [-0.3, -0.25) is 9.13 Å². The minimum absolute atomic E-state index is 0.0400. The summed E-state index contributed by atoms with van der Waals surface area (Å²) >= 11 is 0. The van der Waals surface area contributed by atoms with E-state index in [0.717, 1.165) is 24.4 Å². The van der Waals surface area contributed by atoms with Crippen LogP contribution >= 0.6 is 15.2 Å². The highest BCUT2D eigenvalue weighted by atomic mass is 31.2. The van der Waals surface area contributed by atoms with Crippen molar-refractivity contribution in [2.75, 3.05) is 0 Å². The first-order valence-electron chi connectivity index (χ1n) is 6.66. The maximum atomic E-state index is 12.0. The highest BCUT2D eigenvalue weighted by Crippen LogP contribution is 2.37. The minimum Gasteiger partial charge on any atom is -0.624 e. The fraction of sp³-hybridized carbons (Fsp3) is 0.0714. The van der Waals surface area contributed by atoms with Gasteiger partial charge in [-0.05, 0) is 18.2 Å². The molecular formula is C14H15NO7P2. The summed E-state index contributed by atoms with van der Waals surface area (Å²) in [6.45, 7) is -0.0400. The van der Waals surface area contributed by atoms with Crippen molar-refractivity contribution < 1.29 is 33.4 Å². The van der Waals surface area contributed by atoms with Gasteiger partial charge >= 0.3 is 15.2 Å². The zero-order chi connectivity index (χ0) is 18.0. The molecule has 0 aliphatic carbocycles. The lowest BCUT2D eigenvalue weighted by atomic mass is 10.2. The zero-order valence-electron chi connectivity index (χ0n) is 12.3. The number of hydroxylamine groups is 1. The Morgan fingerprint density at radius 2 is 1.58 bits per heavy atom. The number of hydrogen-bond acceptors (Lipinski definition) is 3. The molecule has 128 valence electrons. The van der Waals surface area contributed by atoms with Crippen molar-refractivity contribution in [2.24, 2.45) is 0 Å². The van der Waals surface area contributed by atoms with Gasteiger partial charge in [0.2, 0.25) is 0 Å². The normalized spacial score (nSPS) is 13.1. The van der Waals surface area contributed by atoms with Gasteiger partial charge in [0.1, 0.15) is 0 Å². The van der Waals surface area contributed by atoms with E-state index >= 15 is 0 Å². The Morgan fingerprint density at radius 1 is 0.958 bits per heavy atom. The second kappa shape index (κ2) is 6.99. The van der Waals surface area contributed by atoms with E-state index in [-0.39, 0.29) is 12.1 Å². The van der Waals surface area contributed by atoms with Gasteiger partial charge in [-0.15, -0.1) is 0 Å². The summed E-state index contributed by atoms with van der Waals surface area (Å²) in [5, 5.41) is 10.9. The van der Waals surface area contributed by atoms with Crippen molar-refractivity contribution in [3.63, 3.8) is 0 Å². The molecule has 2 aromatic carbocycles. The van der Waals surface area contributed by atoms with E-state index < -0.39 is 25.8 Å². The zero-order valence-corrected chi connectivity index (χ0v) is 14.0. The van der Waals surface area contributed by atoms with Crippen molar-refractivity contribution in [3.05, 3.63) is 64.9 Å². The van der Waals surface area contributed by atoms with Crippen molar-refractivity contribution >= 4 is 32.0 Å². The van der Waals surface area contributed by atoms with Gasteiger partial charge in [-0.25, -0.2) is 4.74 Å². The molecular weight excluding hydrogens is 356 g/mol. The van der Waals surface area contributed by atoms with E-state index in [4.69, 9.17) is 9.79 Å². The molecule has 0 atom stereocenters. The smallest absolute Gasteiger partial charge is 0.357 e. The molecule has 0 aromatic heterocycles. The molecule has 0 aliphatic rings. The van der Waals surface area contributed by atoms with Crippen LogP contribution in [0.3, 0.4) is 0 Å². The van der Waals surface area contributed by atoms with Crippen molar-refractivity contribution in [2.45, 2.75) is 6.54 Å². The van der Waals surface area contributed by atoms with Gasteiger partial charge in [-0.1, -0.05) is 30.3 Å². The first-order valence-corrected chi connectivity index (χ1v) is 9.89. The van der Waals surface area contributed by atoms with Gasteiger partial charge in [0.05, 0.1) is 16.2 Å². The quantitative estimate of drug-likeness (QED) is 0.196. The molecule has 0 spiro atoms. The molecule has 0 fully saturated rings. The molecule has 24 heavy (non-hydrogen) atoms. The number of nitrogens with zero attached hydrogens (tertiary/aromatic N) is 1. The third-order valence-electron chi connectivity index (χ3n) is 3.13. The number of benzene rings is 2. The van der Waals surface area contributed by atoms with Gasteiger partial charge in [0.15, 0.2) is 12.8 Å². The van der Waals surface area contributed by atoms with Crippen molar-refractivity contribution in [1.29, 1.82) is 0 Å². The minimum atomic E-state index is -4.83. The molecule has 0 bridgehead atoms. The Bertz CT molecular complexity index is 855. The summed E-state index contributed by atoms with van der Waals surface area (Å²) in [4.78, 5) is 37.0. The molecule has 0 amide bonds. The monoisotopic (exact) mass is 371 g/mol. The van der Waals surface area contributed by atoms with Crippen molar-refractivity contribution in [3.8, 4) is 0 Å². The number of rotatable bonds is 5. The van der Waals surface area contributed by atoms with E-state index in [0.29, 0.717) is 10.3 Å². The maximum Gasteiger partial charge on any atom is 0.357 e. The average molecular weight is 371 g/mol. The van der Waals surface area contributed by atoms with Crippen LogP contribution in [0.15, 0.2) is 48.5 Å². The first-order chi connectivity index (χ1) is 11.1. The highest BCUT2D eigenvalue weighted by molar-refractivity contribution is 7.62. The van der Waals surface area contributed by atoms with Gasteiger partial charge in [0, 0.05) is 5.56 Å². The number of hydrogen-bond donors (Lipinski definition) is 4. The first kappa shape index (κ1) is 18.5. The Hall–Kier alpha value is -1.79. The topological polar surface area (TPSA) is 141 Å². The molecule has 0 radical (unpaired) electrons. The Balaban J connectivity index is 2.44. The molecule has 0 saturated heterocycles. The van der Waals surface area contributed by atoms with Crippen LogP contribution in [-0.2, 0) is 15.7 Å². The predicted octanol–water partition coefficient (Wildman–Crippen LogP) is 0.422. The third kappa shape index (κ3) is 4.85. The van der Waals surface area contributed by atoms with Crippen LogP contribution in [0, 0.1) is 5.21 Å². The summed E-state index contributed by atoms with van der Waals surface area (Å²) in [6, 6.07) is 11.6. The second-order valence-corrected chi connectivity index (χ2v) is 8.20. The SMILES string of the molecule is O=P(O)(O)c1ccc(C=[N+]([O-])Cc2ccccc2)c(P(=O)(O)O)c1. The van der Waals surface area contributed by atoms with Crippen LogP contribution in [0.25, 0.3) is 0 Å². The van der Waals surface area contributed by atoms with Gasteiger partial charge < -0.3 is 24.8 Å². The van der Waals surface area contributed by atoms with Crippen LogP contribution in [0.4, 0.5) is 0 Å².